The smallest absolute Gasteiger partial charge is 0.326 e. The first-order chi connectivity index (χ1) is 9.13. The van der Waals surface area contributed by atoms with Gasteiger partial charge in [0.15, 0.2) is 0 Å². The van der Waals surface area contributed by atoms with E-state index in [1.54, 1.807) is 0 Å². The number of aliphatic carboxylic acids is 2. The fourth-order valence-corrected chi connectivity index (χ4v) is 2.05. The van der Waals surface area contributed by atoms with E-state index < -0.39 is 29.8 Å². The number of amides is 1. The summed E-state index contributed by atoms with van der Waals surface area (Å²) in [5.74, 6) is -3.04. The van der Waals surface area contributed by atoms with E-state index in [4.69, 9.17) is 10.2 Å². The van der Waals surface area contributed by atoms with E-state index in [1.807, 2.05) is 27.7 Å². The fraction of sp³-hybridized carbons (Fsp3) is 0.786. The third kappa shape index (κ3) is 7.76. The van der Waals surface area contributed by atoms with E-state index in [2.05, 4.69) is 5.32 Å². The molecule has 0 aromatic rings. The molecule has 0 fully saturated rings. The molecule has 116 valence electrons. The van der Waals surface area contributed by atoms with Crippen molar-refractivity contribution in [2.45, 2.75) is 53.0 Å². The number of carboxylic acids is 2. The zero-order chi connectivity index (χ0) is 15.9. The quantitative estimate of drug-likeness (QED) is 0.599. The van der Waals surface area contributed by atoms with Crippen LogP contribution in [0.2, 0.25) is 0 Å². The maximum Gasteiger partial charge on any atom is 0.326 e. The number of carbonyl (C=O) groups excluding carboxylic acids is 1. The molecular weight excluding hydrogens is 262 g/mol. The summed E-state index contributed by atoms with van der Waals surface area (Å²) in [5.41, 5.74) is 0. The fourth-order valence-electron chi connectivity index (χ4n) is 2.05. The number of carbonyl (C=O) groups is 3. The summed E-state index contributed by atoms with van der Waals surface area (Å²) in [6.07, 6.45) is 0.465. The van der Waals surface area contributed by atoms with Crippen LogP contribution >= 0.6 is 0 Å². The Bertz CT molecular complexity index is 351. The molecule has 20 heavy (non-hydrogen) atoms. The van der Waals surface area contributed by atoms with Crippen molar-refractivity contribution < 1.29 is 24.6 Å². The van der Waals surface area contributed by atoms with Gasteiger partial charge in [0.1, 0.15) is 6.04 Å². The van der Waals surface area contributed by atoms with Crippen molar-refractivity contribution in [2.24, 2.45) is 17.8 Å². The van der Waals surface area contributed by atoms with Crippen LogP contribution in [-0.2, 0) is 14.4 Å². The van der Waals surface area contributed by atoms with Crippen LogP contribution in [0.3, 0.4) is 0 Å². The molecule has 0 saturated carbocycles. The predicted octanol–water partition coefficient (Wildman–Crippen LogP) is 1.74. The Kier molecular flexibility index (Phi) is 7.87. The van der Waals surface area contributed by atoms with Crippen molar-refractivity contribution in [2.75, 3.05) is 0 Å². The van der Waals surface area contributed by atoms with E-state index in [0.717, 1.165) is 0 Å². The number of nitrogens with one attached hydrogen (secondary N) is 1. The van der Waals surface area contributed by atoms with Crippen molar-refractivity contribution in [1.29, 1.82) is 0 Å². The molecule has 0 aliphatic carbocycles. The molecule has 6 heteroatoms. The van der Waals surface area contributed by atoms with E-state index >= 15 is 0 Å². The summed E-state index contributed by atoms with van der Waals surface area (Å²) in [6, 6.07) is -0.967. The van der Waals surface area contributed by atoms with Gasteiger partial charge in [0.25, 0.3) is 0 Å². The summed E-state index contributed by atoms with van der Waals surface area (Å²) in [6.45, 7) is 7.52. The predicted molar refractivity (Wildman–Crippen MR) is 74.2 cm³/mol. The molecule has 0 rings (SSSR count). The highest BCUT2D eigenvalue weighted by atomic mass is 16.4. The minimum Gasteiger partial charge on any atom is -0.481 e. The molecule has 2 atom stereocenters. The molecule has 0 aromatic carbocycles. The highest BCUT2D eigenvalue weighted by Crippen LogP contribution is 2.17. The van der Waals surface area contributed by atoms with Crippen LogP contribution in [0.25, 0.3) is 0 Å². The first-order valence-electron chi connectivity index (χ1n) is 6.88. The second-order valence-corrected chi connectivity index (χ2v) is 5.95. The van der Waals surface area contributed by atoms with Gasteiger partial charge in [-0.2, -0.15) is 0 Å². The molecule has 0 aromatic heterocycles. The average molecular weight is 287 g/mol. The van der Waals surface area contributed by atoms with Gasteiger partial charge in [0.2, 0.25) is 5.91 Å². The third-order valence-corrected chi connectivity index (χ3v) is 2.87. The van der Waals surface area contributed by atoms with E-state index in [0.29, 0.717) is 12.8 Å². The molecule has 1 unspecified atom stereocenters. The van der Waals surface area contributed by atoms with Crippen LogP contribution in [0, 0.1) is 17.8 Å². The van der Waals surface area contributed by atoms with Crippen molar-refractivity contribution in [3.05, 3.63) is 0 Å². The van der Waals surface area contributed by atoms with Crippen LogP contribution in [0.4, 0.5) is 0 Å². The lowest BCUT2D eigenvalue weighted by atomic mass is 9.92. The highest BCUT2D eigenvalue weighted by Gasteiger charge is 2.27. The molecule has 6 nitrogen and oxygen atoms in total. The summed E-state index contributed by atoms with van der Waals surface area (Å²) >= 11 is 0. The van der Waals surface area contributed by atoms with Gasteiger partial charge < -0.3 is 15.5 Å². The summed E-state index contributed by atoms with van der Waals surface area (Å²) in [4.78, 5) is 34.0. The Morgan fingerprint density at radius 2 is 1.45 bits per heavy atom. The minimum absolute atomic E-state index is 0.124. The number of hydrogen-bond acceptors (Lipinski definition) is 3. The number of rotatable bonds is 9. The molecule has 0 bridgehead atoms. The summed E-state index contributed by atoms with van der Waals surface area (Å²) in [5, 5.41) is 20.4. The normalized spacial score (nSPS) is 14.1. The Morgan fingerprint density at radius 1 is 0.950 bits per heavy atom. The topological polar surface area (TPSA) is 104 Å². The van der Waals surface area contributed by atoms with Gasteiger partial charge in [-0.05, 0) is 24.7 Å². The van der Waals surface area contributed by atoms with Crippen LogP contribution in [0.15, 0.2) is 0 Å². The van der Waals surface area contributed by atoms with Gasteiger partial charge in [-0.25, -0.2) is 4.79 Å². The Balaban J connectivity index is 4.77. The largest absolute Gasteiger partial charge is 0.481 e. The zero-order valence-electron chi connectivity index (χ0n) is 12.5. The zero-order valence-corrected chi connectivity index (χ0v) is 12.5. The minimum atomic E-state index is -1.09. The lowest BCUT2D eigenvalue weighted by Gasteiger charge is -2.21. The van der Waals surface area contributed by atoms with E-state index in [1.165, 1.54) is 0 Å². The van der Waals surface area contributed by atoms with Gasteiger partial charge in [-0.1, -0.05) is 27.7 Å². The first kappa shape index (κ1) is 18.4. The number of hydrogen-bond donors (Lipinski definition) is 3. The molecule has 0 radical (unpaired) electrons. The van der Waals surface area contributed by atoms with Crippen molar-refractivity contribution in [3.8, 4) is 0 Å². The van der Waals surface area contributed by atoms with Crippen molar-refractivity contribution in [3.63, 3.8) is 0 Å². The third-order valence-electron chi connectivity index (χ3n) is 2.87. The van der Waals surface area contributed by atoms with Gasteiger partial charge in [-0.3, -0.25) is 9.59 Å². The molecule has 0 saturated heterocycles. The summed E-state index contributed by atoms with van der Waals surface area (Å²) in [7, 11) is 0. The molecular formula is C14H25NO5. The lowest BCUT2D eigenvalue weighted by Crippen LogP contribution is -2.45. The van der Waals surface area contributed by atoms with Crippen molar-refractivity contribution in [1.82, 2.24) is 5.32 Å². The summed E-state index contributed by atoms with van der Waals surface area (Å²) < 4.78 is 0. The maximum absolute atomic E-state index is 12.1. The van der Waals surface area contributed by atoms with Gasteiger partial charge in [-0.15, -0.1) is 0 Å². The highest BCUT2D eigenvalue weighted by molar-refractivity contribution is 5.87. The maximum atomic E-state index is 12.1. The molecule has 0 heterocycles. The second-order valence-electron chi connectivity index (χ2n) is 5.95. The monoisotopic (exact) mass is 287 g/mol. The van der Waals surface area contributed by atoms with E-state index in [-0.39, 0.29) is 18.3 Å². The van der Waals surface area contributed by atoms with Crippen LogP contribution in [0.5, 0.6) is 0 Å². The Morgan fingerprint density at radius 3 is 1.80 bits per heavy atom. The number of carboxylic acid groups (broad SMARTS) is 2. The lowest BCUT2D eigenvalue weighted by molar-refractivity contribution is -0.144. The SMILES string of the molecule is CC(C)CC(CC(=O)O)C(=O)N[C@@H](CC(C)C)C(=O)O. The van der Waals surface area contributed by atoms with Crippen molar-refractivity contribution >= 4 is 17.8 Å². The standard InChI is InChI=1S/C14H25NO5/c1-8(2)5-10(7-12(16)17)13(18)15-11(14(19)20)6-9(3)4/h8-11H,5-7H2,1-4H3,(H,15,18)(H,16,17)(H,19,20)/t10?,11-/m0/s1. The van der Waals surface area contributed by atoms with Crippen LogP contribution in [-0.4, -0.2) is 34.1 Å². The Hall–Kier alpha value is -1.59. The van der Waals surface area contributed by atoms with Gasteiger partial charge >= 0.3 is 11.9 Å². The second kappa shape index (κ2) is 8.55. The Labute approximate surface area is 119 Å². The van der Waals surface area contributed by atoms with Crippen LogP contribution in [0.1, 0.15) is 47.0 Å². The average Bonchev–Trinajstić information content (AvgIpc) is 2.24. The van der Waals surface area contributed by atoms with E-state index in [9.17, 15) is 14.4 Å². The molecule has 3 N–H and O–H groups in total. The van der Waals surface area contributed by atoms with Gasteiger partial charge in [0.05, 0.1) is 6.42 Å². The van der Waals surface area contributed by atoms with Crippen LogP contribution < -0.4 is 5.32 Å². The molecule has 0 spiro atoms. The molecule has 0 aliphatic rings. The molecule has 0 aliphatic heterocycles. The van der Waals surface area contributed by atoms with Gasteiger partial charge in [0, 0.05) is 5.92 Å². The molecule has 1 amide bonds. The first-order valence-corrected chi connectivity index (χ1v) is 6.88.